The van der Waals surface area contributed by atoms with E-state index in [1.54, 1.807) is 0 Å². The first kappa shape index (κ1) is 18.5. The molecule has 1 aromatic carbocycles. The lowest BCUT2D eigenvalue weighted by atomic mass is 10.1. The molecule has 1 heterocycles. The van der Waals surface area contributed by atoms with Gasteiger partial charge in [-0.15, -0.1) is 24.0 Å². The average molecular weight is 414 g/mol. The van der Waals surface area contributed by atoms with Crippen LogP contribution in [0.5, 0.6) is 0 Å². The van der Waals surface area contributed by atoms with E-state index in [0.29, 0.717) is 12.5 Å². The van der Waals surface area contributed by atoms with Crippen molar-refractivity contribution < 1.29 is 4.42 Å². The van der Waals surface area contributed by atoms with Crippen molar-refractivity contribution in [1.82, 2.24) is 4.98 Å². The summed E-state index contributed by atoms with van der Waals surface area (Å²) in [6, 6.07) is 8.12. The Kier molecular flexibility index (Phi) is 7.37. The molecule has 0 saturated carbocycles. The van der Waals surface area contributed by atoms with E-state index in [1.807, 2.05) is 26.0 Å². The van der Waals surface area contributed by atoms with E-state index in [0.717, 1.165) is 35.9 Å². The van der Waals surface area contributed by atoms with Gasteiger partial charge in [0.2, 0.25) is 0 Å². The van der Waals surface area contributed by atoms with Crippen LogP contribution in [0.1, 0.15) is 36.8 Å². The molecule has 2 aromatic rings. The van der Waals surface area contributed by atoms with Gasteiger partial charge in [0.25, 0.3) is 0 Å². The normalized spacial score (nSPS) is 11.1. The van der Waals surface area contributed by atoms with E-state index in [-0.39, 0.29) is 24.0 Å². The monoisotopic (exact) mass is 414 g/mol. The third-order valence-corrected chi connectivity index (χ3v) is 3.24. The fraction of sp³-hybridized carbons (Fsp3) is 0.375. The van der Waals surface area contributed by atoms with Crippen LogP contribution in [0, 0.1) is 6.92 Å². The van der Waals surface area contributed by atoms with Crippen molar-refractivity contribution in [3.8, 4) is 0 Å². The average Bonchev–Trinajstić information content (AvgIpc) is 2.86. The third-order valence-electron chi connectivity index (χ3n) is 3.24. The molecule has 0 amide bonds. The summed E-state index contributed by atoms with van der Waals surface area (Å²) in [5.41, 5.74) is 8.98. The predicted molar refractivity (Wildman–Crippen MR) is 101 cm³/mol. The number of benzene rings is 1. The number of aromatic nitrogens is 1. The summed E-state index contributed by atoms with van der Waals surface area (Å²) in [4.78, 5) is 8.62. The standard InChI is InChI=1S/C16H22N4O.HI/c1-4-12-7-6-8-13(9-12)20-16(17)18-10-14-11(3)19-15(5-2)21-14;/h6-9H,4-5,10H2,1-3H3,(H3,17,18,20);1H. The van der Waals surface area contributed by atoms with Crippen molar-refractivity contribution in [2.75, 3.05) is 5.32 Å². The van der Waals surface area contributed by atoms with Crippen molar-refractivity contribution in [2.24, 2.45) is 10.7 Å². The zero-order valence-corrected chi connectivity index (χ0v) is 15.5. The molecule has 0 aliphatic heterocycles. The minimum absolute atomic E-state index is 0. The summed E-state index contributed by atoms with van der Waals surface area (Å²) < 4.78 is 5.60. The highest BCUT2D eigenvalue weighted by atomic mass is 127. The number of hydrogen-bond donors (Lipinski definition) is 2. The zero-order chi connectivity index (χ0) is 15.2. The first-order chi connectivity index (χ1) is 10.1. The van der Waals surface area contributed by atoms with Crippen molar-refractivity contribution in [1.29, 1.82) is 0 Å². The molecule has 0 radical (unpaired) electrons. The molecule has 5 nitrogen and oxygen atoms in total. The minimum atomic E-state index is 0. The smallest absolute Gasteiger partial charge is 0.194 e. The van der Waals surface area contributed by atoms with E-state index in [9.17, 15) is 0 Å². The van der Waals surface area contributed by atoms with Crippen molar-refractivity contribution in [3.63, 3.8) is 0 Å². The molecule has 0 unspecified atom stereocenters. The number of oxazole rings is 1. The largest absolute Gasteiger partial charge is 0.443 e. The molecular formula is C16H23IN4O. The molecular weight excluding hydrogens is 391 g/mol. The Bertz CT molecular complexity index is 637. The first-order valence-electron chi connectivity index (χ1n) is 7.23. The molecule has 0 fully saturated rings. The molecule has 0 atom stereocenters. The second-order valence-corrected chi connectivity index (χ2v) is 4.85. The summed E-state index contributed by atoms with van der Waals surface area (Å²) in [5.74, 6) is 1.87. The number of nitrogens with one attached hydrogen (secondary N) is 1. The summed E-state index contributed by atoms with van der Waals surface area (Å²) in [5, 5.41) is 3.09. The van der Waals surface area contributed by atoms with Crippen LogP contribution in [0.25, 0.3) is 0 Å². The number of hydrogen-bond acceptors (Lipinski definition) is 3. The van der Waals surface area contributed by atoms with E-state index >= 15 is 0 Å². The summed E-state index contributed by atoms with van der Waals surface area (Å²) in [6.07, 6.45) is 1.77. The highest BCUT2D eigenvalue weighted by Gasteiger charge is 2.07. The van der Waals surface area contributed by atoms with Crippen LogP contribution in [0.4, 0.5) is 5.69 Å². The maximum Gasteiger partial charge on any atom is 0.194 e. The molecule has 120 valence electrons. The molecule has 0 aliphatic carbocycles. The lowest BCUT2D eigenvalue weighted by Gasteiger charge is -2.06. The number of aryl methyl sites for hydroxylation is 3. The quantitative estimate of drug-likeness (QED) is 0.445. The third kappa shape index (κ3) is 5.01. The Balaban J connectivity index is 0.00000242. The van der Waals surface area contributed by atoms with Crippen LogP contribution in [0.15, 0.2) is 33.7 Å². The Morgan fingerprint density at radius 2 is 2.09 bits per heavy atom. The highest BCUT2D eigenvalue weighted by molar-refractivity contribution is 14.0. The molecule has 0 bridgehead atoms. The van der Waals surface area contributed by atoms with Gasteiger partial charge in [0.15, 0.2) is 11.9 Å². The number of nitrogens with two attached hydrogens (primary N) is 1. The molecule has 22 heavy (non-hydrogen) atoms. The van der Waals surface area contributed by atoms with Gasteiger partial charge in [0.1, 0.15) is 12.3 Å². The van der Waals surface area contributed by atoms with Gasteiger partial charge in [-0.05, 0) is 31.0 Å². The molecule has 3 N–H and O–H groups in total. The second kappa shape index (κ2) is 8.77. The lowest BCUT2D eigenvalue weighted by molar-refractivity contribution is 0.461. The number of rotatable bonds is 5. The van der Waals surface area contributed by atoms with E-state index in [2.05, 4.69) is 34.3 Å². The summed E-state index contributed by atoms with van der Waals surface area (Å²) >= 11 is 0. The van der Waals surface area contributed by atoms with Crippen molar-refractivity contribution in [2.45, 2.75) is 40.2 Å². The Hall–Kier alpha value is -1.57. The minimum Gasteiger partial charge on any atom is -0.443 e. The number of aliphatic imine (C=N–C) groups is 1. The van der Waals surface area contributed by atoms with Gasteiger partial charge >= 0.3 is 0 Å². The number of nitrogens with zero attached hydrogens (tertiary/aromatic N) is 2. The molecule has 0 spiro atoms. The number of anilines is 1. The molecule has 1 aromatic heterocycles. The van der Waals surface area contributed by atoms with Crippen LogP contribution in [-0.4, -0.2) is 10.9 Å². The second-order valence-electron chi connectivity index (χ2n) is 4.85. The van der Waals surface area contributed by atoms with E-state index in [4.69, 9.17) is 10.2 Å². The SMILES string of the molecule is CCc1cccc(NC(N)=NCc2oc(CC)nc2C)c1.I. The predicted octanol–water partition coefficient (Wildman–Crippen LogP) is 3.65. The van der Waals surface area contributed by atoms with Gasteiger partial charge in [-0.3, -0.25) is 0 Å². The Labute approximate surface area is 148 Å². The maximum absolute atomic E-state index is 5.91. The summed E-state index contributed by atoms with van der Waals surface area (Å²) in [6.45, 7) is 6.44. The van der Waals surface area contributed by atoms with Crippen LogP contribution in [0.2, 0.25) is 0 Å². The molecule has 0 saturated heterocycles. The topological polar surface area (TPSA) is 76.4 Å². The van der Waals surface area contributed by atoms with Gasteiger partial charge in [-0.1, -0.05) is 26.0 Å². The van der Waals surface area contributed by atoms with Gasteiger partial charge < -0.3 is 15.5 Å². The number of halogens is 1. The number of guanidine groups is 1. The molecule has 0 aliphatic rings. The fourth-order valence-electron chi connectivity index (χ4n) is 2.00. The summed E-state index contributed by atoms with van der Waals surface area (Å²) in [7, 11) is 0. The maximum atomic E-state index is 5.91. The van der Waals surface area contributed by atoms with E-state index in [1.165, 1.54) is 5.56 Å². The Morgan fingerprint density at radius 3 is 2.73 bits per heavy atom. The highest BCUT2D eigenvalue weighted by Crippen LogP contribution is 2.13. The Morgan fingerprint density at radius 1 is 1.32 bits per heavy atom. The van der Waals surface area contributed by atoms with Crippen molar-refractivity contribution >= 4 is 35.6 Å². The zero-order valence-electron chi connectivity index (χ0n) is 13.2. The van der Waals surface area contributed by atoms with Gasteiger partial charge in [0.05, 0.1) is 5.69 Å². The fourth-order valence-corrected chi connectivity index (χ4v) is 2.00. The lowest BCUT2D eigenvalue weighted by Crippen LogP contribution is -2.22. The molecule has 6 heteroatoms. The van der Waals surface area contributed by atoms with E-state index < -0.39 is 0 Å². The van der Waals surface area contributed by atoms with Gasteiger partial charge in [-0.2, -0.15) is 0 Å². The molecule has 2 rings (SSSR count). The van der Waals surface area contributed by atoms with Crippen LogP contribution in [0.3, 0.4) is 0 Å². The van der Waals surface area contributed by atoms with Crippen molar-refractivity contribution in [3.05, 3.63) is 47.2 Å². The van der Waals surface area contributed by atoms with Gasteiger partial charge in [-0.25, -0.2) is 9.98 Å². The van der Waals surface area contributed by atoms with Crippen LogP contribution in [-0.2, 0) is 19.4 Å². The first-order valence-corrected chi connectivity index (χ1v) is 7.23. The van der Waals surface area contributed by atoms with Crippen LogP contribution < -0.4 is 11.1 Å². The van der Waals surface area contributed by atoms with Gasteiger partial charge in [0, 0.05) is 12.1 Å². The van der Waals surface area contributed by atoms with Crippen LogP contribution >= 0.6 is 24.0 Å².